The quantitative estimate of drug-likeness (QED) is 0.748. The molecule has 18 heavy (non-hydrogen) atoms. The summed E-state index contributed by atoms with van der Waals surface area (Å²) in [5, 5.41) is 4.76. The summed E-state index contributed by atoms with van der Waals surface area (Å²) in [4.78, 5) is 4.33. The Kier molecular flexibility index (Phi) is 4.57. The topological polar surface area (TPSA) is 24.9 Å². The van der Waals surface area contributed by atoms with Crippen LogP contribution in [0.4, 0.5) is 5.69 Å². The number of aromatic nitrogens is 1. The van der Waals surface area contributed by atoms with Crippen LogP contribution in [0.5, 0.6) is 0 Å². The van der Waals surface area contributed by atoms with E-state index in [1.165, 1.54) is 36.8 Å². The van der Waals surface area contributed by atoms with Crippen LogP contribution in [0.2, 0.25) is 0 Å². The Morgan fingerprint density at radius 3 is 2.94 bits per heavy atom. The predicted octanol–water partition coefficient (Wildman–Crippen LogP) is 4.62. The summed E-state index contributed by atoms with van der Waals surface area (Å²) in [6, 6.07) is 11.0. The summed E-state index contributed by atoms with van der Waals surface area (Å²) >= 11 is 0. The van der Waals surface area contributed by atoms with Crippen LogP contribution >= 0.6 is 0 Å². The van der Waals surface area contributed by atoms with Crippen molar-refractivity contribution in [2.45, 2.75) is 45.6 Å². The van der Waals surface area contributed by atoms with E-state index >= 15 is 0 Å². The third kappa shape index (κ3) is 3.46. The molecule has 1 aromatic heterocycles. The number of rotatable bonds is 6. The first kappa shape index (κ1) is 12.9. The summed E-state index contributed by atoms with van der Waals surface area (Å²) in [5.74, 6) is 0. The summed E-state index contributed by atoms with van der Waals surface area (Å²) < 4.78 is 0. The van der Waals surface area contributed by atoms with Gasteiger partial charge in [-0.2, -0.15) is 0 Å². The summed E-state index contributed by atoms with van der Waals surface area (Å²) in [6.07, 6.45) is 6.99. The molecule has 1 heterocycles. The number of nitrogens with zero attached hydrogens (tertiary/aromatic N) is 1. The van der Waals surface area contributed by atoms with Crippen LogP contribution in [0.3, 0.4) is 0 Å². The van der Waals surface area contributed by atoms with Crippen LogP contribution in [0.25, 0.3) is 10.9 Å². The van der Waals surface area contributed by atoms with Gasteiger partial charge in [0.05, 0.1) is 5.52 Å². The fourth-order valence-corrected chi connectivity index (χ4v) is 2.22. The van der Waals surface area contributed by atoms with E-state index in [1.54, 1.807) is 0 Å². The van der Waals surface area contributed by atoms with Crippen LogP contribution in [0.1, 0.15) is 39.5 Å². The van der Waals surface area contributed by atoms with Gasteiger partial charge in [-0.1, -0.05) is 32.3 Å². The molecule has 0 aliphatic heterocycles. The van der Waals surface area contributed by atoms with Crippen molar-refractivity contribution in [2.75, 3.05) is 5.32 Å². The van der Waals surface area contributed by atoms with Crippen molar-refractivity contribution in [3.05, 3.63) is 36.5 Å². The van der Waals surface area contributed by atoms with Gasteiger partial charge in [0.25, 0.3) is 0 Å². The molecule has 1 aromatic carbocycles. The minimum absolute atomic E-state index is 0.533. The SMILES string of the molecule is CCCCCC(C)Nc1ccc2ncccc2c1. The zero-order valence-electron chi connectivity index (χ0n) is 11.3. The van der Waals surface area contributed by atoms with Gasteiger partial charge in [-0.15, -0.1) is 0 Å². The highest BCUT2D eigenvalue weighted by Gasteiger charge is 2.02. The number of hydrogen-bond acceptors (Lipinski definition) is 2. The molecule has 0 amide bonds. The van der Waals surface area contributed by atoms with Gasteiger partial charge in [0, 0.05) is 23.3 Å². The Labute approximate surface area is 109 Å². The second-order valence-corrected chi connectivity index (χ2v) is 4.95. The van der Waals surface area contributed by atoms with Crippen molar-refractivity contribution in [1.82, 2.24) is 4.98 Å². The number of anilines is 1. The smallest absolute Gasteiger partial charge is 0.0703 e. The first-order valence-corrected chi connectivity index (χ1v) is 6.91. The van der Waals surface area contributed by atoms with Crippen LogP contribution < -0.4 is 5.32 Å². The molecule has 0 bridgehead atoms. The lowest BCUT2D eigenvalue weighted by Gasteiger charge is -2.15. The lowest BCUT2D eigenvalue weighted by molar-refractivity contribution is 0.615. The van der Waals surface area contributed by atoms with Gasteiger partial charge in [0.1, 0.15) is 0 Å². The van der Waals surface area contributed by atoms with Crippen molar-refractivity contribution in [1.29, 1.82) is 0 Å². The molecule has 0 saturated heterocycles. The maximum Gasteiger partial charge on any atom is 0.0703 e. The number of nitrogens with one attached hydrogen (secondary N) is 1. The summed E-state index contributed by atoms with van der Waals surface area (Å²) in [7, 11) is 0. The zero-order chi connectivity index (χ0) is 12.8. The molecule has 2 aromatic rings. The molecule has 96 valence electrons. The number of pyridine rings is 1. The molecular weight excluding hydrogens is 220 g/mol. The Morgan fingerprint density at radius 2 is 2.11 bits per heavy atom. The van der Waals surface area contributed by atoms with Crippen LogP contribution in [-0.4, -0.2) is 11.0 Å². The summed E-state index contributed by atoms with van der Waals surface area (Å²) in [5.41, 5.74) is 2.25. The molecule has 2 rings (SSSR count). The third-order valence-corrected chi connectivity index (χ3v) is 3.26. The predicted molar refractivity (Wildman–Crippen MR) is 79.0 cm³/mol. The van der Waals surface area contributed by atoms with E-state index in [2.05, 4.69) is 48.4 Å². The Hall–Kier alpha value is -1.57. The summed E-state index contributed by atoms with van der Waals surface area (Å²) in [6.45, 7) is 4.50. The molecule has 0 aliphatic rings. The normalized spacial score (nSPS) is 12.6. The standard InChI is InChI=1S/C16H22N2/c1-3-4-5-7-13(2)18-15-9-10-16-14(12-15)8-6-11-17-16/h6,8-13,18H,3-5,7H2,1-2H3. The number of benzene rings is 1. The van der Waals surface area contributed by atoms with Crippen molar-refractivity contribution in [3.8, 4) is 0 Å². The van der Waals surface area contributed by atoms with Crippen molar-refractivity contribution >= 4 is 16.6 Å². The number of fused-ring (bicyclic) bond motifs is 1. The molecule has 0 saturated carbocycles. The highest BCUT2D eigenvalue weighted by atomic mass is 14.9. The van der Waals surface area contributed by atoms with E-state index in [0.29, 0.717) is 6.04 Å². The Bertz CT molecular complexity index is 493. The highest BCUT2D eigenvalue weighted by Crippen LogP contribution is 2.18. The number of unbranched alkanes of at least 4 members (excludes halogenated alkanes) is 2. The largest absolute Gasteiger partial charge is 0.383 e. The van der Waals surface area contributed by atoms with E-state index in [-0.39, 0.29) is 0 Å². The Balaban J connectivity index is 1.98. The lowest BCUT2D eigenvalue weighted by atomic mass is 10.1. The molecule has 0 radical (unpaired) electrons. The van der Waals surface area contributed by atoms with Gasteiger partial charge in [-0.25, -0.2) is 0 Å². The maximum absolute atomic E-state index is 4.33. The van der Waals surface area contributed by atoms with Crippen LogP contribution in [0.15, 0.2) is 36.5 Å². The first-order valence-electron chi connectivity index (χ1n) is 6.91. The first-order chi connectivity index (χ1) is 8.79. The van der Waals surface area contributed by atoms with Gasteiger partial charge in [-0.3, -0.25) is 4.98 Å². The molecular formula is C16H22N2. The molecule has 0 spiro atoms. The monoisotopic (exact) mass is 242 g/mol. The molecule has 2 nitrogen and oxygen atoms in total. The average molecular weight is 242 g/mol. The molecule has 2 heteroatoms. The van der Waals surface area contributed by atoms with Crippen LogP contribution in [0, 0.1) is 0 Å². The second kappa shape index (κ2) is 6.39. The fraction of sp³-hybridized carbons (Fsp3) is 0.438. The van der Waals surface area contributed by atoms with Crippen molar-refractivity contribution < 1.29 is 0 Å². The van der Waals surface area contributed by atoms with Gasteiger partial charge >= 0.3 is 0 Å². The fourth-order valence-electron chi connectivity index (χ4n) is 2.22. The van der Waals surface area contributed by atoms with E-state index in [0.717, 1.165) is 5.52 Å². The zero-order valence-corrected chi connectivity index (χ0v) is 11.3. The second-order valence-electron chi connectivity index (χ2n) is 4.95. The highest BCUT2D eigenvalue weighted by molar-refractivity contribution is 5.82. The van der Waals surface area contributed by atoms with E-state index in [4.69, 9.17) is 0 Å². The molecule has 1 atom stereocenters. The Morgan fingerprint density at radius 1 is 1.22 bits per heavy atom. The van der Waals surface area contributed by atoms with E-state index < -0.39 is 0 Å². The van der Waals surface area contributed by atoms with Crippen molar-refractivity contribution in [2.24, 2.45) is 0 Å². The average Bonchev–Trinajstić information content (AvgIpc) is 2.39. The number of hydrogen-bond donors (Lipinski definition) is 1. The minimum Gasteiger partial charge on any atom is -0.383 e. The molecule has 0 fully saturated rings. The van der Waals surface area contributed by atoms with Gasteiger partial charge in [0.15, 0.2) is 0 Å². The lowest BCUT2D eigenvalue weighted by Crippen LogP contribution is -2.14. The van der Waals surface area contributed by atoms with Gasteiger partial charge in [-0.05, 0) is 37.6 Å². The van der Waals surface area contributed by atoms with Crippen molar-refractivity contribution in [3.63, 3.8) is 0 Å². The van der Waals surface area contributed by atoms with E-state index in [9.17, 15) is 0 Å². The van der Waals surface area contributed by atoms with Gasteiger partial charge in [0.2, 0.25) is 0 Å². The maximum atomic E-state index is 4.33. The van der Waals surface area contributed by atoms with Crippen LogP contribution in [-0.2, 0) is 0 Å². The van der Waals surface area contributed by atoms with Gasteiger partial charge < -0.3 is 5.32 Å². The minimum atomic E-state index is 0.533. The molecule has 1 N–H and O–H groups in total. The molecule has 1 unspecified atom stereocenters. The third-order valence-electron chi connectivity index (χ3n) is 3.26. The van der Waals surface area contributed by atoms with E-state index in [1.807, 2.05) is 12.3 Å². The molecule has 0 aliphatic carbocycles.